The van der Waals surface area contributed by atoms with Gasteiger partial charge >= 0.3 is 0 Å². The minimum atomic E-state index is -0.00692. The SMILES string of the molecule is Nc1ccc2nc(NC(=O)CCC3CCCO3)sc2c1. The quantitative estimate of drug-likeness (QED) is 0.849. The first-order chi connectivity index (χ1) is 9.70. The van der Waals surface area contributed by atoms with E-state index in [1.807, 2.05) is 18.2 Å². The molecule has 1 aromatic heterocycles. The van der Waals surface area contributed by atoms with E-state index in [2.05, 4.69) is 10.3 Å². The van der Waals surface area contributed by atoms with Crippen LogP contribution in [0.4, 0.5) is 10.8 Å². The molecule has 1 atom stereocenters. The second kappa shape index (κ2) is 5.76. The average Bonchev–Trinajstić information content (AvgIpc) is 3.04. The third-order valence-corrected chi connectivity index (χ3v) is 4.31. The maximum atomic E-state index is 11.9. The topological polar surface area (TPSA) is 77.2 Å². The molecule has 6 heteroatoms. The van der Waals surface area contributed by atoms with Gasteiger partial charge in [0.2, 0.25) is 5.91 Å². The molecule has 1 aromatic carbocycles. The Morgan fingerprint density at radius 2 is 2.45 bits per heavy atom. The van der Waals surface area contributed by atoms with Crippen LogP contribution in [0.25, 0.3) is 10.2 Å². The van der Waals surface area contributed by atoms with Gasteiger partial charge < -0.3 is 15.8 Å². The number of benzene rings is 1. The number of nitrogens with zero attached hydrogens (tertiary/aromatic N) is 1. The van der Waals surface area contributed by atoms with Gasteiger partial charge in [0.1, 0.15) is 0 Å². The van der Waals surface area contributed by atoms with Crippen LogP contribution in [0.15, 0.2) is 18.2 Å². The van der Waals surface area contributed by atoms with Crippen LogP contribution in [0.2, 0.25) is 0 Å². The summed E-state index contributed by atoms with van der Waals surface area (Å²) in [6.45, 7) is 0.825. The molecule has 3 rings (SSSR count). The zero-order valence-electron chi connectivity index (χ0n) is 11.1. The maximum Gasteiger partial charge on any atom is 0.226 e. The summed E-state index contributed by atoms with van der Waals surface area (Å²) < 4.78 is 6.49. The lowest BCUT2D eigenvalue weighted by atomic mass is 10.1. The van der Waals surface area contributed by atoms with Gasteiger partial charge in [-0.1, -0.05) is 11.3 Å². The molecule has 1 saturated heterocycles. The molecular weight excluding hydrogens is 274 g/mol. The number of carbonyl (C=O) groups is 1. The molecule has 1 aliphatic rings. The van der Waals surface area contributed by atoms with Crippen molar-refractivity contribution in [2.75, 3.05) is 17.7 Å². The second-order valence-electron chi connectivity index (χ2n) is 4.97. The van der Waals surface area contributed by atoms with Gasteiger partial charge in [-0.3, -0.25) is 4.79 Å². The summed E-state index contributed by atoms with van der Waals surface area (Å²) in [5.41, 5.74) is 7.30. The van der Waals surface area contributed by atoms with Crippen molar-refractivity contribution in [3.63, 3.8) is 0 Å². The van der Waals surface area contributed by atoms with E-state index in [1.54, 1.807) is 0 Å². The maximum absolute atomic E-state index is 11.9. The van der Waals surface area contributed by atoms with Crippen LogP contribution in [0.1, 0.15) is 25.7 Å². The van der Waals surface area contributed by atoms with Crippen molar-refractivity contribution >= 4 is 38.3 Å². The predicted molar refractivity (Wildman–Crippen MR) is 80.9 cm³/mol. The fraction of sp³-hybridized carbons (Fsp3) is 0.429. The first kappa shape index (κ1) is 13.3. The Bertz CT molecular complexity index is 620. The second-order valence-corrected chi connectivity index (χ2v) is 6.00. The molecule has 0 aliphatic carbocycles. The van der Waals surface area contributed by atoms with Crippen LogP contribution >= 0.6 is 11.3 Å². The molecule has 1 fully saturated rings. The summed E-state index contributed by atoms with van der Waals surface area (Å²) in [4.78, 5) is 16.3. The van der Waals surface area contributed by atoms with E-state index >= 15 is 0 Å². The zero-order valence-corrected chi connectivity index (χ0v) is 11.9. The lowest BCUT2D eigenvalue weighted by Crippen LogP contribution is -2.15. The van der Waals surface area contributed by atoms with Crippen LogP contribution < -0.4 is 11.1 Å². The minimum Gasteiger partial charge on any atom is -0.399 e. The number of ether oxygens (including phenoxy) is 1. The minimum absolute atomic E-state index is 0.00692. The number of anilines is 2. The Labute approximate surface area is 121 Å². The fourth-order valence-electron chi connectivity index (χ4n) is 2.34. The van der Waals surface area contributed by atoms with Gasteiger partial charge in [0.25, 0.3) is 0 Å². The summed E-state index contributed by atoms with van der Waals surface area (Å²) in [7, 11) is 0. The number of thiazole rings is 1. The Morgan fingerprint density at radius 3 is 3.25 bits per heavy atom. The third kappa shape index (κ3) is 3.08. The summed E-state index contributed by atoms with van der Waals surface area (Å²) in [5.74, 6) is -0.00692. The van der Waals surface area contributed by atoms with E-state index in [4.69, 9.17) is 10.5 Å². The van der Waals surface area contributed by atoms with Gasteiger partial charge in [0, 0.05) is 18.7 Å². The largest absolute Gasteiger partial charge is 0.399 e. The molecule has 0 radical (unpaired) electrons. The Kier molecular flexibility index (Phi) is 3.84. The summed E-state index contributed by atoms with van der Waals surface area (Å²) in [5, 5.41) is 3.47. The highest BCUT2D eigenvalue weighted by Crippen LogP contribution is 2.27. The first-order valence-electron chi connectivity index (χ1n) is 6.78. The number of rotatable bonds is 4. The lowest BCUT2D eigenvalue weighted by molar-refractivity contribution is -0.116. The van der Waals surface area contributed by atoms with Crippen molar-refractivity contribution in [1.82, 2.24) is 4.98 Å². The number of fused-ring (bicyclic) bond motifs is 1. The van der Waals surface area contributed by atoms with E-state index < -0.39 is 0 Å². The number of aromatic nitrogens is 1. The first-order valence-corrected chi connectivity index (χ1v) is 7.60. The van der Waals surface area contributed by atoms with Crippen LogP contribution in [-0.4, -0.2) is 23.6 Å². The van der Waals surface area contributed by atoms with Gasteiger partial charge in [-0.25, -0.2) is 4.98 Å². The van der Waals surface area contributed by atoms with Crippen molar-refractivity contribution in [2.24, 2.45) is 0 Å². The van der Waals surface area contributed by atoms with Crippen molar-refractivity contribution < 1.29 is 9.53 Å². The molecule has 2 heterocycles. The Balaban J connectivity index is 1.59. The van der Waals surface area contributed by atoms with Gasteiger partial charge in [-0.2, -0.15) is 0 Å². The summed E-state index contributed by atoms with van der Waals surface area (Å²) >= 11 is 1.44. The van der Waals surface area contributed by atoms with Crippen molar-refractivity contribution in [1.29, 1.82) is 0 Å². The van der Waals surface area contributed by atoms with Gasteiger partial charge in [-0.15, -0.1) is 0 Å². The van der Waals surface area contributed by atoms with Gasteiger partial charge in [-0.05, 0) is 37.5 Å². The van der Waals surface area contributed by atoms with Crippen LogP contribution in [0.5, 0.6) is 0 Å². The average molecular weight is 291 g/mol. The molecule has 0 bridgehead atoms. The summed E-state index contributed by atoms with van der Waals surface area (Å²) in [6.07, 6.45) is 3.67. The van der Waals surface area contributed by atoms with E-state index in [0.717, 1.165) is 36.1 Å². The molecule has 20 heavy (non-hydrogen) atoms. The fourth-order valence-corrected chi connectivity index (χ4v) is 3.27. The third-order valence-electron chi connectivity index (χ3n) is 3.38. The molecule has 3 N–H and O–H groups in total. The van der Waals surface area contributed by atoms with Crippen molar-refractivity contribution in [3.8, 4) is 0 Å². The van der Waals surface area contributed by atoms with Crippen molar-refractivity contribution in [3.05, 3.63) is 18.2 Å². The molecular formula is C14H17N3O2S. The van der Waals surface area contributed by atoms with E-state index in [-0.39, 0.29) is 12.0 Å². The smallest absolute Gasteiger partial charge is 0.226 e. The van der Waals surface area contributed by atoms with E-state index in [9.17, 15) is 4.79 Å². The standard InChI is InChI=1S/C14H17N3O2S/c15-9-3-5-11-12(8-9)20-14(16-11)17-13(18)6-4-10-2-1-7-19-10/h3,5,8,10H,1-2,4,6-7,15H2,(H,16,17,18). The normalized spacial score (nSPS) is 18.5. The van der Waals surface area contributed by atoms with E-state index in [1.165, 1.54) is 11.3 Å². The highest BCUT2D eigenvalue weighted by atomic mass is 32.1. The molecule has 106 valence electrons. The molecule has 1 unspecified atom stereocenters. The number of nitrogens with two attached hydrogens (primary N) is 1. The van der Waals surface area contributed by atoms with Gasteiger partial charge in [0.05, 0.1) is 16.3 Å². The number of nitrogen functional groups attached to an aromatic ring is 1. The Hall–Kier alpha value is -1.66. The monoisotopic (exact) mass is 291 g/mol. The van der Waals surface area contributed by atoms with Crippen LogP contribution in [0, 0.1) is 0 Å². The zero-order chi connectivity index (χ0) is 13.9. The van der Waals surface area contributed by atoms with Gasteiger partial charge in [0.15, 0.2) is 5.13 Å². The number of hydrogen-bond donors (Lipinski definition) is 2. The molecule has 2 aromatic rings. The molecule has 5 nitrogen and oxygen atoms in total. The van der Waals surface area contributed by atoms with Crippen LogP contribution in [-0.2, 0) is 9.53 Å². The number of carbonyl (C=O) groups excluding carboxylic acids is 1. The number of nitrogens with one attached hydrogen (secondary N) is 1. The lowest BCUT2D eigenvalue weighted by Gasteiger charge is -2.07. The summed E-state index contributed by atoms with van der Waals surface area (Å²) in [6, 6.07) is 5.54. The number of amides is 1. The molecule has 0 spiro atoms. The molecule has 1 amide bonds. The highest BCUT2D eigenvalue weighted by Gasteiger charge is 2.17. The molecule has 1 aliphatic heterocycles. The predicted octanol–water partition coefficient (Wildman–Crippen LogP) is 2.78. The van der Waals surface area contributed by atoms with Crippen LogP contribution in [0.3, 0.4) is 0 Å². The van der Waals surface area contributed by atoms with E-state index in [0.29, 0.717) is 17.2 Å². The number of hydrogen-bond acceptors (Lipinski definition) is 5. The highest BCUT2D eigenvalue weighted by molar-refractivity contribution is 7.22. The molecule has 0 saturated carbocycles. The Morgan fingerprint density at radius 1 is 1.55 bits per heavy atom. The van der Waals surface area contributed by atoms with Crippen molar-refractivity contribution in [2.45, 2.75) is 31.8 Å².